The van der Waals surface area contributed by atoms with E-state index >= 15 is 0 Å². The molecule has 0 aromatic carbocycles. The number of fused-ring (bicyclic) bond motifs is 1. The lowest BCUT2D eigenvalue weighted by molar-refractivity contribution is -0.139. The van der Waals surface area contributed by atoms with E-state index in [4.69, 9.17) is 15.6 Å². The smallest absolute Gasteiger partial charge is 0.324 e. The number of hydrogen-bond acceptors (Lipinski definition) is 5. The van der Waals surface area contributed by atoms with E-state index in [1.54, 1.807) is 6.92 Å². The molecule has 0 bridgehead atoms. The molecule has 1 aromatic heterocycles. The summed E-state index contributed by atoms with van der Waals surface area (Å²) in [6, 6.07) is -1.03. The largest absolute Gasteiger partial charge is 0.480 e. The second-order valence-corrected chi connectivity index (χ2v) is 4.11. The van der Waals surface area contributed by atoms with Gasteiger partial charge in [0.15, 0.2) is 0 Å². The van der Waals surface area contributed by atoms with Crippen LogP contribution < -0.4 is 10.5 Å². The first-order chi connectivity index (χ1) is 8.08. The van der Waals surface area contributed by atoms with Crippen LogP contribution in [0.4, 0.5) is 0 Å². The van der Waals surface area contributed by atoms with Crippen LogP contribution in [0, 0.1) is 6.92 Å². The summed E-state index contributed by atoms with van der Waals surface area (Å²) in [5.74, 6) is 0.0543. The highest BCUT2D eigenvalue weighted by molar-refractivity contribution is 5.73. The van der Waals surface area contributed by atoms with E-state index in [1.165, 1.54) is 0 Å². The van der Waals surface area contributed by atoms with Crippen molar-refractivity contribution in [3.63, 3.8) is 0 Å². The fourth-order valence-corrected chi connectivity index (χ4v) is 1.88. The lowest BCUT2D eigenvalue weighted by Crippen LogP contribution is -2.36. The van der Waals surface area contributed by atoms with Crippen molar-refractivity contribution in [2.24, 2.45) is 5.73 Å². The molecule has 1 aliphatic carbocycles. The fraction of sp³-hybridized carbons (Fsp3) is 0.545. The molecule has 92 valence electrons. The lowest BCUT2D eigenvalue weighted by atomic mass is 10.2. The van der Waals surface area contributed by atoms with Gasteiger partial charge in [0.05, 0.1) is 5.69 Å². The maximum atomic E-state index is 10.6. The number of aliphatic carboxylic acids is 1. The van der Waals surface area contributed by atoms with Crippen LogP contribution in [0.5, 0.6) is 5.88 Å². The van der Waals surface area contributed by atoms with Gasteiger partial charge in [-0.25, -0.2) is 4.98 Å². The summed E-state index contributed by atoms with van der Waals surface area (Å²) >= 11 is 0. The van der Waals surface area contributed by atoms with Gasteiger partial charge in [-0.1, -0.05) is 0 Å². The molecule has 1 aliphatic rings. The molecule has 0 saturated carbocycles. The third-order valence-corrected chi connectivity index (χ3v) is 2.72. The van der Waals surface area contributed by atoms with Crippen molar-refractivity contribution in [2.45, 2.75) is 32.2 Å². The van der Waals surface area contributed by atoms with Crippen molar-refractivity contribution in [1.82, 2.24) is 9.97 Å². The topological polar surface area (TPSA) is 98.3 Å². The van der Waals surface area contributed by atoms with Gasteiger partial charge in [0.25, 0.3) is 0 Å². The van der Waals surface area contributed by atoms with Crippen molar-refractivity contribution in [3.8, 4) is 5.88 Å². The van der Waals surface area contributed by atoms with Crippen LogP contribution in [0.15, 0.2) is 0 Å². The number of aromatic nitrogens is 2. The lowest BCUT2D eigenvalue weighted by Gasteiger charge is -2.12. The predicted molar refractivity (Wildman–Crippen MR) is 59.9 cm³/mol. The fourth-order valence-electron chi connectivity index (χ4n) is 1.88. The molecular weight excluding hydrogens is 222 g/mol. The third kappa shape index (κ3) is 2.52. The van der Waals surface area contributed by atoms with E-state index in [9.17, 15) is 4.79 Å². The standard InChI is InChI=1S/C11H15N3O3/c1-6-13-9-4-2-3-7(9)10(14-6)17-5-8(12)11(15)16/h8H,2-5,12H2,1H3,(H,15,16). The van der Waals surface area contributed by atoms with Crippen molar-refractivity contribution in [2.75, 3.05) is 6.61 Å². The molecule has 0 amide bonds. The van der Waals surface area contributed by atoms with Crippen molar-refractivity contribution in [1.29, 1.82) is 0 Å². The zero-order chi connectivity index (χ0) is 12.4. The Labute approximate surface area is 98.8 Å². The Morgan fingerprint density at radius 1 is 1.53 bits per heavy atom. The molecule has 17 heavy (non-hydrogen) atoms. The van der Waals surface area contributed by atoms with Crippen LogP contribution in [-0.2, 0) is 17.6 Å². The molecule has 0 fully saturated rings. The Morgan fingerprint density at radius 3 is 3.00 bits per heavy atom. The zero-order valence-corrected chi connectivity index (χ0v) is 9.64. The Bertz CT molecular complexity index is 448. The van der Waals surface area contributed by atoms with E-state index in [-0.39, 0.29) is 6.61 Å². The minimum atomic E-state index is -1.08. The summed E-state index contributed by atoms with van der Waals surface area (Å²) in [4.78, 5) is 19.1. The first-order valence-electron chi connectivity index (χ1n) is 5.55. The Morgan fingerprint density at radius 2 is 2.29 bits per heavy atom. The summed E-state index contributed by atoms with van der Waals surface area (Å²) in [5, 5.41) is 8.67. The number of rotatable bonds is 4. The number of nitrogens with two attached hydrogens (primary N) is 1. The molecule has 6 nitrogen and oxygen atoms in total. The van der Waals surface area contributed by atoms with Crippen LogP contribution in [0.2, 0.25) is 0 Å². The van der Waals surface area contributed by atoms with Gasteiger partial charge >= 0.3 is 5.97 Å². The van der Waals surface area contributed by atoms with Gasteiger partial charge in [-0.2, -0.15) is 4.98 Å². The highest BCUT2D eigenvalue weighted by Crippen LogP contribution is 2.27. The molecule has 1 aromatic rings. The quantitative estimate of drug-likeness (QED) is 0.768. The summed E-state index contributed by atoms with van der Waals surface area (Å²) in [7, 11) is 0. The highest BCUT2D eigenvalue weighted by atomic mass is 16.5. The number of hydrogen-bond donors (Lipinski definition) is 2. The molecule has 1 heterocycles. The van der Waals surface area contributed by atoms with Gasteiger partial charge < -0.3 is 15.6 Å². The summed E-state index contributed by atoms with van der Waals surface area (Å²) < 4.78 is 5.40. The third-order valence-electron chi connectivity index (χ3n) is 2.72. The second kappa shape index (κ2) is 4.67. The van der Waals surface area contributed by atoms with Crippen LogP contribution in [0.3, 0.4) is 0 Å². The van der Waals surface area contributed by atoms with Crippen molar-refractivity contribution in [3.05, 3.63) is 17.1 Å². The molecule has 2 rings (SSSR count). The van der Waals surface area contributed by atoms with Crippen LogP contribution in [-0.4, -0.2) is 33.7 Å². The highest BCUT2D eigenvalue weighted by Gasteiger charge is 2.21. The number of carboxylic acid groups (broad SMARTS) is 1. The number of carbonyl (C=O) groups is 1. The normalized spacial score (nSPS) is 15.4. The van der Waals surface area contributed by atoms with E-state index in [1.807, 2.05) is 0 Å². The monoisotopic (exact) mass is 237 g/mol. The number of ether oxygens (including phenoxy) is 1. The Balaban J connectivity index is 2.13. The minimum Gasteiger partial charge on any atom is -0.480 e. The molecule has 1 unspecified atom stereocenters. The summed E-state index contributed by atoms with van der Waals surface area (Å²) in [5.41, 5.74) is 7.38. The van der Waals surface area contributed by atoms with E-state index in [0.717, 1.165) is 30.5 Å². The first-order valence-corrected chi connectivity index (χ1v) is 5.55. The molecule has 0 spiro atoms. The summed E-state index contributed by atoms with van der Waals surface area (Å²) in [6.45, 7) is 1.72. The van der Waals surface area contributed by atoms with Gasteiger partial charge in [-0.3, -0.25) is 4.79 Å². The van der Waals surface area contributed by atoms with Crippen molar-refractivity contribution >= 4 is 5.97 Å². The van der Waals surface area contributed by atoms with Crippen LogP contribution in [0.1, 0.15) is 23.5 Å². The van der Waals surface area contributed by atoms with E-state index in [2.05, 4.69) is 9.97 Å². The molecule has 1 atom stereocenters. The first kappa shape index (κ1) is 11.8. The van der Waals surface area contributed by atoms with E-state index in [0.29, 0.717) is 11.7 Å². The molecule has 3 N–H and O–H groups in total. The minimum absolute atomic E-state index is 0.0712. The molecule has 6 heteroatoms. The molecule has 0 aliphatic heterocycles. The maximum absolute atomic E-state index is 10.6. The second-order valence-electron chi connectivity index (χ2n) is 4.11. The van der Waals surface area contributed by atoms with Crippen molar-refractivity contribution < 1.29 is 14.6 Å². The predicted octanol–water partition coefficient (Wildman–Crippen LogP) is 0.0644. The average molecular weight is 237 g/mol. The van der Waals surface area contributed by atoms with E-state index < -0.39 is 12.0 Å². The van der Waals surface area contributed by atoms with Gasteiger partial charge in [0.1, 0.15) is 18.5 Å². The summed E-state index contributed by atoms with van der Waals surface area (Å²) in [6.07, 6.45) is 2.85. The van der Waals surface area contributed by atoms with Crippen LogP contribution >= 0.6 is 0 Å². The Hall–Kier alpha value is -1.69. The van der Waals surface area contributed by atoms with Gasteiger partial charge in [0.2, 0.25) is 5.88 Å². The van der Waals surface area contributed by atoms with Gasteiger partial charge in [-0.15, -0.1) is 0 Å². The zero-order valence-electron chi connectivity index (χ0n) is 9.64. The number of aryl methyl sites for hydroxylation is 2. The van der Waals surface area contributed by atoms with Gasteiger partial charge in [0, 0.05) is 5.56 Å². The average Bonchev–Trinajstić information content (AvgIpc) is 2.72. The Kier molecular flexibility index (Phi) is 3.23. The number of nitrogens with zero attached hydrogens (tertiary/aromatic N) is 2. The molecule has 0 saturated heterocycles. The molecule has 0 radical (unpaired) electrons. The SMILES string of the molecule is Cc1nc2c(c(OCC(N)C(=O)O)n1)CCC2. The van der Waals surface area contributed by atoms with Crippen LogP contribution in [0.25, 0.3) is 0 Å². The van der Waals surface area contributed by atoms with Gasteiger partial charge in [-0.05, 0) is 26.2 Å². The maximum Gasteiger partial charge on any atom is 0.324 e. The molecular formula is C11H15N3O3. The number of carboxylic acids is 1.